The Kier molecular flexibility index (Phi) is 9.47. The van der Waals surface area contributed by atoms with Crippen molar-refractivity contribution >= 4 is 23.0 Å². The van der Waals surface area contributed by atoms with Crippen molar-refractivity contribution in [3.8, 4) is 5.75 Å². The Morgan fingerprint density at radius 2 is 2.03 bits per heavy atom. The van der Waals surface area contributed by atoms with Crippen LogP contribution in [0.5, 0.6) is 5.75 Å². The van der Waals surface area contributed by atoms with Gasteiger partial charge in [0.2, 0.25) is 0 Å². The van der Waals surface area contributed by atoms with Gasteiger partial charge in [-0.3, -0.25) is 0 Å². The number of thiocarbonyl (C=S) groups is 1. The quantitative estimate of drug-likeness (QED) is 0.248. The number of aryl methyl sites for hydroxylation is 1. The Balaban J connectivity index is 1.50. The summed E-state index contributed by atoms with van der Waals surface area (Å²) in [5.74, 6) is 0.984. The van der Waals surface area contributed by atoms with Crippen LogP contribution in [0.2, 0.25) is 0 Å². The molecule has 1 aliphatic carbocycles. The maximum Gasteiger partial charge on any atom is 0.173 e. The number of nitrogens with zero attached hydrogens (tertiary/aromatic N) is 2. The van der Waals surface area contributed by atoms with Crippen LogP contribution >= 0.6 is 12.2 Å². The van der Waals surface area contributed by atoms with E-state index >= 15 is 0 Å². The molecule has 0 atom stereocenters. The molecular formula is C25H39N3OS. The normalized spacial score (nSPS) is 17.3. The van der Waals surface area contributed by atoms with Gasteiger partial charge in [0.05, 0.1) is 6.61 Å². The highest BCUT2D eigenvalue weighted by molar-refractivity contribution is 7.80. The van der Waals surface area contributed by atoms with E-state index in [1.807, 2.05) is 6.08 Å². The van der Waals surface area contributed by atoms with Gasteiger partial charge in [0.1, 0.15) is 5.75 Å². The second-order valence-corrected chi connectivity index (χ2v) is 9.18. The fraction of sp³-hybridized carbons (Fsp3) is 0.640. The lowest BCUT2D eigenvalue weighted by Crippen LogP contribution is -2.46. The van der Waals surface area contributed by atoms with Crippen LogP contribution in [-0.2, 0) is 6.42 Å². The average molecular weight is 430 g/mol. The van der Waals surface area contributed by atoms with Crippen molar-refractivity contribution in [2.45, 2.75) is 70.3 Å². The minimum atomic E-state index is 0.540. The number of benzene rings is 1. The van der Waals surface area contributed by atoms with E-state index in [4.69, 9.17) is 17.0 Å². The number of hydrogen-bond acceptors (Lipinski definition) is 3. The van der Waals surface area contributed by atoms with E-state index in [0.29, 0.717) is 6.04 Å². The van der Waals surface area contributed by atoms with Gasteiger partial charge in [-0.2, -0.15) is 0 Å². The summed E-state index contributed by atoms with van der Waals surface area (Å²) in [7, 11) is 2.13. The summed E-state index contributed by atoms with van der Waals surface area (Å²) in [5.41, 5.74) is 2.61. The zero-order chi connectivity index (χ0) is 21.2. The minimum Gasteiger partial charge on any atom is -0.494 e. The number of unbranched alkanes of at least 4 members (excludes halogenated alkanes) is 1. The second-order valence-electron chi connectivity index (χ2n) is 8.79. The molecule has 4 nitrogen and oxygen atoms in total. The molecule has 1 heterocycles. The van der Waals surface area contributed by atoms with Crippen molar-refractivity contribution < 1.29 is 4.74 Å². The molecule has 1 fully saturated rings. The number of ether oxygens (including phenoxy) is 1. The maximum atomic E-state index is 6.04. The average Bonchev–Trinajstić information content (AvgIpc) is 3.01. The molecule has 0 saturated heterocycles. The third-order valence-corrected chi connectivity index (χ3v) is 6.58. The smallest absolute Gasteiger partial charge is 0.173 e. The molecule has 0 amide bonds. The molecule has 0 aromatic heterocycles. The molecule has 166 valence electrons. The molecule has 1 aromatic rings. The van der Waals surface area contributed by atoms with Crippen LogP contribution in [0.25, 0.3) is 0 Å². The number of fused-ring (bicyclic) bond motifs is 1. The first-order chi connectivity index (χ1) is 14.7. The van der Waals surface area contributed by atoms with Crippen LogP contribution in [0.4, 0.5) is 5.69 Å². The van der Waals surface area contributed by atoms with Crippen molar-refractivity contribution in [2.75, 3.05) is 38.2 Å². The first-order valence-corrected chi connectivity index (χ1v) is 12.2. The standard InChI is InChI=1S/C25H39N3OS/c1-3-16-27(2)17-8-9-19-29-23-14-15-24-21(20-23)11-10-18-28(24)25(30)26-22-12-6-4-5-7-13-22/h3,14-15,20,22H,1,4-13,16-19H2,2H3,(H,26,30). The van der Waals surface area contributed by atoms with E-state index in [1.165, 1.54) is 49.8 Å². The monoisotopic (exact) mass is 429 g/mol. The fourth-order valence-corrected chi connectivity index (χ4v) is 4.89. The van der Waals surface area contributed by atoms with Crippen LogP contribution in [0.3, 0.4) is 0 Å². The van der Waals surface area contributed by atoms with Crippen LogP contribution in [0.1, 0.15) is 63.4 Å². The third kappa shape index (κ3) is 6.98. The minimum absolute atomic E-state index is 0.540. The predicted octanol–water partition coefficient (Wildman–Crippen LogP) is 5.31. The largest absolute Gasteiger partial charge is 0.494 e. The summed E-state index contributed by atoms with van der Waals surface area (Å²) >= 11 is 5.82. The Hall–Kier alpha value is -1.59. The second kappa shape index (κ2) is 12.3. The molecule has 0 spiro atoms. The van der Waals surface area contributed by atoms with Crippen molar-refractivity contribution in [1.29, 1.82) is 0 Å². The molecule has 1 aromatic carbocycles. The molecule has 0 radical (unpaired) electrons. The topological polar surface area (TPSA) is 27.7 Å². The van der Waals surface area contributed by atoms with Gasteiger partial charge in [-0.1, -0.05) is 31.8 Å². The summed E-state index contributed by atoms with van der Waals surface area (Å²) in [6, 6.07) is 7.07. The van der Waals surface area contributed by atoms with Crippen LogP contribution in [0.15, 0.2) is 30.9 Å². The van der Waals surface area contributed by atoms with Crippen LogP contribution < -0.4 is 15.0 Å². The summed E-state index contributed by atoms with van der Waals surface area (Å²) in [6.45, 7) is 7.59. The van der Waals surface area contributed by atoms with Gasteiger partial charge in [-0.25, -0.2) is 0 Å². The van der Waals surface area contributed by atoms with Crippen LogP contribution in [-0.4, -0.2) is 49.3 Å². The van der Waals surface area contributed by atoms with Gasteiger partial charge in [0.15, 0.2) is 5.11 Å². The van der Waals surface area contributed by atoms with Gasteiger partial charge in [-0.15, -0.1) is 6.58 Å². The number of rotatable bonds is 9. The third-order valence-electron chi connectivity index (χ3n) is 6.24. The van der Waals surface area contributed by atoms with Gasteiger partial charge in [-0.05, 0) is 88.1 Å². The number of likely N-dealkylation sites (N-methyl/N-ethyl adjacent to an activating group) is 1. The molecule has 1 aliphatic heterocycles. The lowest BCUT2D eigenvalue weighted by molar-refractivity contribution is 0.287. The molecule has 2 aliphatic rings. The number of nitrogens with one attached hydrogen (secondary N) is 1. The van der Waals surface area contributed by atoms with E-state index in [0.717, 1.165) is 62.8 Å². The highest BCUT2D eigenvalue weighted by Crippen LogP contribution is 2.31. The van der Waals surface area contributed by atoms with E-state index in [2.05, 4.69) is 46.9 Å². The summed E-state index contributed by atoms with van der Waals surface area (Å²) in [5, 5.41) is 4.57. The highest BCUT2D eigenvalue weighted by atomic mass is 32.1. The van der Waals surface area contributed by atoms with Crippen LogP contribution in [0, 0.1) is 0 Å². The molecule has 30 heavy (non-hydrogen) atoms. The summed E-state index contributed by atoms with van der Waals surface area (Å²) in [6.07, 6.45) is 14.3. The molecule has 3 rings (SSSR count). The van der Waals surface area contributed by atoms with E-state index in [-0.39, 0.29) is 0 Å². The zero-order valence-electron chi connectivity index (χ0n) is 18.7. The summed E-state index contributed by atoms with van der Waals surface area (Å²) < 4.78 is 6.04. The van der Waals surface area contributed by atoms with Gasteiger partial charge in [0.25, 0.3) is 0 Å². The first-order valence-electron chi connectivity index (χ1n) is 11.8. The zero-order valence-corrected chi connectivity index (χ0v) is 19.5. The molecule has 0 unspecified atom stereocenters. The van der Waals surface area contributed by atoms with Gasteiger partial charge in [0, 0.05) is 24.8 Å². The van der Waals surface area contributed by atoms with Gasteiger partial charge >= 0.3 is 0 Å². The molecular weight excluding hydrogens is 390 g/mol. The fourth-order valence-electron chi connectivity index (χ4n) is 4.54. The number of hydrogen-bond donors (Lipinski definition) is 1. The lowest BCUT2D eigenvalue weighted by atomic mass is 10.0. The van der Waals surface area contributed by atoms with Crippen molar-refractivity contribution in [3.05, 3.63) is 36.4 Å². The predicted molar refractivity (Wildman–Crippen MR) is 132 cm³/mol. The lowest BCUT2D eigenvalue weighted by Gasteiger charge is -2.33. The molecule has 1 saturated carbocycles. The Morgan fingerprint density at radius 3 is 2.80 bits per heavy atom. The van der Waals surface area contributed by atoms with E-state index in [9.17, 15) is 0 Å². The molecule has 5 heteroatoms. The first kappa shape index (κ1) is 23.1. The Bertz CT molecular complexity index is 685. The van der Waals surface area contributed by atoms with E-state index in [1.54, 1.807) is 0 Å². The van der Waals surface area contributed by atoms with Crippen molar-refractivity contribution in [3.63, 3.8) is 0 Å². The number of anilines is 1. The summed E-state index contributed by atoms with van der Waals surface area (Å²) in [4.78, 5) is 4.59. The highest BCUT2D eigenvalue weighted by Gasteiger charge is 2.23. The van der Waals surface area contributed by atoms with Crippen molar-refractivity contribution in [1.82, 2.24) is 10.2 Å². The molecule has 1 N–H and O–H groups in total. The SMILES string of the molecule is C=CCN(C)CCCCOc1ccc2c(c1)CCCN2C(=S)NC1CCCCCC1. The van der Waals surface area contributed by atoms with E-state index < -0.39 is 0 Å². The Morgan fingerprint density at radius 1 is 1.23 bits per heavy atom. The maximum absolute atomic E-state index is 6.04. The Labute approximate surface area is 188 Å². The molecule has 0 bridgehead atoms. The van der Waals surface area contributed by atoms with Crippen molar-refractivity contribution in [2.24, 2.45) is 0 Å². The van der Waals surface area contributed by atoms with Gasteiger partial charge < -0.3 is 19.9 Å².